The van der Waals surface area contributed by atoms with E-state index in [0.29, 0.717) is 36.5 Å². The minimum atomic E-state index is -1.06. The summed E-state index contributed by atoms with van der Waals surface area (Å²) >= 11 is 11.7. The van der Waals surface area contributed by atoms with Crippen LogP contribution in [0, 0.1) is 11.7 Å². The van der Waals surface area contributed by atoms with Gasteiger partial charge in [-0.05, 0) is 50.1 Å². The van der Waals surface area contributed by atoms with Crippen molar-refractivity contribution in [2.24, 2.45) is 5.92 Å². The molecule has 0 aliphatic carbocycles. The number of hydrogen-bond donors (Lipinski definition) is 1. The van der Waals surface area contributed by atoms with Crippen LogP contribution in [0.1, 0.15) is 30.1 Å². The molecule has 3 rings (SSSR count). The molecule has 1 aromatic carbocycles. The number of piperidine rings is 1. The first-order valence-corrected chi connectivity index (χ1v) is 10.4. The van der Waals surface area contributed by atoms with Crippen LogP contribution < -0.4 is 5.32 Å². The molecule has 0 spiro atoms. The van der Waals surface area contributed by atoms with Gasteiger partial charge in [-0.3, -0.25) is 14.4 Å². The molecule has 1 N–H and O–H groups in total. The molecule has 1 unspecified atom stereocenters. The predicted octanol–water partition coefficient (Wildman–Crippen LogP) is 3.95. The minimum Gasteiger partial charge on any atom is -0.452 e. The Hall–Kier alpha value is -2.71. The maximum absolute atomic E-state index is 13.0. The van der Waals surface area contributed by atoms with E-state index in [1.807, 2.05) is 0 Å². The van der Waals surface area contributed by atoms with E-state index < -0.39 is 29.7 Å². The van der Waals surface area contributed by atoms with E-state index in [0.717, 1.165) is 0 Å². The van der Waals surface area contributed by atoms with Crippen LogP contribution in [0.4, 0.5) is 10.2 Å². The minimum absolute atomic E-state index is 0.117. The molecule has 164 valence electrons. The second-order valence-corrected chi connectivity index (χ2v) is 7.97. The number of nitrogens with zero attached hydrogens (tertiary/aromatic N) is 2. The standard InChI is InChI=1S/C21H20Cl2FN3O4/c1-12(19(28)26-18-17(23)10-15(22)11-25-18)31-21(30)14-6-8-27(9-7-14)20(29)13-2-4-16(24)5-3-13/h2-5,10-12,14H,6-9H2,1H3,(H,25,26,28). The maximum atomic E-state index is 13.0. The molecule has 2 heterocycles. The second kappa shape index (κ2) is 10.1. The Morgan fingerprint density at radius 1 is 1.19 bits per heavy atom. The molecular weight excluding hydrogens is 448 g/mol. The average molecular weight is 468 g/mol. The zero-order valence-electron chi connectivity index (χ0n) is 16.6. The van der Waals surface area contributed by atoms with Gasteiger partial charge in [-0.25, -0.2) is 9.37 Å². The lowest BCUT2D eigenvalue weighted by Crippen LogP contribution is -2.41. The highest BCUT2D eigenvalue weighted by atomic mass is 35.5. The van der Waals surface area contributed by atoms with Crippen molar-refractivity contribution in [2.45, 2.75) is 25.9 Å². The monoisotopic (exact) mass is 467 g/mol. The summed E-state index contributed by atoms with van der Waals surface area (Å²) in [7, 11) is 0. The van der Waals surface area contributed by atoms with Crippen LogP contribution in [-0.2, 0) is 14.3 Å². The Morgan fingerprint density at radius 3 is 2.45 bits per heavy atom. The zero-order chi connectivity index (χ0) is 22.5. The molecule has 10 heteroatoms. The molecule has 1 atom stereocenters. The molecule has 0 saturated carbocycles. The third-order valence-corrected chi connectivity index (χ3v) is 5.41. The predicted molar refractivity (Wildman–Crippen MR) is 113 cm³/mol. The number of pyridine rings is 1. The molecule has 0 bridgehead atoms. The van der Waals surface area contributed by atoms with Crippen molar-refractivity contribution in [1.82, 2.24) is 9.88 Å². The molecule has 1 aliphatic rings. The normalized spacial score (nSPS) is 15.3. The van der Waals surface area contributed by atoms with Gasteiger partial charge in [0.05, 0.1) is 16.0 Å². The van der Waals surface area contributed by atoms with Crippen molar-refractivity contribution in [3.8, 4) is 0 Å². The van der Waals surface area contributed by atoms with Gasteiger partial charge >= 0.3 is 5.97 Å². The number of aromatic nitrogens is 1. The Bertz CT molecular complexity index is 979. The summed E-state index contributed by atoms with van der Waals surface area (Å²) in [5.41, 5.74) is 0.391. The van der Waals surface area contributed by atoms with Gasteiger partial charge in [0.15, 0.2) is 11.9 Å². The lowest BCUT2D eigenvalue weighted by molar-refractivity contribution is -0.158. The summed E-state index contributed by atoms with van der Waals surface area (Å²) in [6.45, 7) is 2.17. The van der Waals surface area contributed by atoms with Crippen LogP contribution in [0.25, 0.3) is 0 Å². The Balaban J connectivity index is 1.49. The van der Waals surface area contributed by atoms with Crippen molar-refractivity contribution in [2.75, 3.05) is 18.4 Å². The average Bonchev–Trinajstić information content (AvgIpc) is 2.75. The van der Waals surface area contributed by atoms with Gasteiger partial charge in [0.25, 0.3) is 11.8 Å². The summed E-state index contributed by atoms with van der Waals surface area (Å²) in [6, 6.07) is 6.76. The zero-order valence-corrected chi connectivity index (χ0v) is 18.1. The first-order chi connectivity index (χ1) is 14.7. The molecule has 31 heavy (non-hydrogen) atoms. The number of anilines is 1. The van der Waals surface area contributed by atoms with Crippen molar-refractivity contribution >= 4 is 46.8 Å². The van der Waals surface area contributed by atoms with Crippen LogP contribution in [0.3, 0.4) is 0 Å². The van der Waals surface area contributed by atoms with Gasteiger partial charge in [-0.1, -0.05) is 23.2 Å². The van der Waals surface area contributed by atoms with Crippen LogP contribution in [0.2, 0.25) is 10.0 Å². The lowest BCUT2D eigenvalue weighted by atomic mass is 9.96. The number of rotatable bonds is 5. The number of halogens is 3. The number of amides is 2. The number of ether oxygens (including phenoxy) is 1. The van der Waals surface area contributed by atoms with Gasteiger partial charge in [0.2, 0.25) is 0 Å². The first-order valence-electron chi connectivity index (χ1n) is 9.62. The molecule has 1 saturated heterocycles. The molecule has 1 aliphatic heterocycles. The molecule has 1 fully saturated rings. The Kier molecular flexibility index (Phi) is 7.46. The maximum Gasteiger partial charge on any atom is 0.309 e. The van der Waals surface area contributed by atoms with Crippen molar-refractivity contribution in [3.05, 3.63) is 58.0 Å². The van der Waals surface area contributed by atoms with Crippen LogP contribution in [0.5, 0.6) is 0 Å². The smallest absolute Gasteiger partial charge is 0.309 e. The highest BCUT2D eigenvalue weighted by Crippen LogP contribution is 2.24. The highest BCUT2D eigenvalue weighted by Gasteiger charge is 2.31. The molecule has 1 aromatic heterocycles. The fourth-order valence-corrected chi connectivity index (χ4v) is 3.57. The van der Waals surface area contributed by atoms with E-state index in [9.17, 15) is 18.8 Å². The third kappa shape index (κ3) is 5.92. The fraction of sp³-hybridized carbons (Fsp3) is 0.333. The van der Waals surface area contributed by atoms with E-state index >= 15 is 0 Å². The number of hydrogen-bond acceptors (Lipinski definition) is 5. The Morgan fingerprint density at radius 2 is 1.84 bits per heavy atom. The van der Waals surface area contributed by atoms with E-state index in [4.69, 9.17) is 27.9 Å². The largest absolute Gasteiger partial charge is 0.452 e. The van der Waals surface area contributed by atoms with Crippen LogP contribution in [0.15, 0.2) is 36.5 Å². The SMILES string of the molecule is CC(OC(=O)C1CCN(C(=O)c2ccc(F)cc2)CC1)C(=O)Nc1ncc(Cl)cc1Cl. The van der Waals surface area contributed by atoms with E-state index in [1.54, 1.807) is 4.90 Å². The number of carbonyl (C=O) groups excluding carboxylic acids is 3. The van der Waals surface area contributed by atoms with Gasteiger partial charge in [-0.2, -0.15) is 0 Å². The molecule has 7 nitrogen and oxygen atoms in total. The Labute approximate surface area is 188 Å². The van der Waals surface area contributed by atoms with Gasteiger partial charge in [-0.15, -0.1) is 0 Å². The topological polar surface area (TPSA) is 88.6 Å². The van der Waals surface area contributed by atoms with Crippen molar-refractivity contribution in [1.29, 1.82) is 0 Å². The molecule has 2 aromatic rings. The quantitative estimate of drug-likeness (QED) is 0.672. The lowest BCUT2D eigenvalue weighted by Gasteiger charge is -2.31. The second-order valence-electron chi connectivity index (χ2n) is 7.13. The number of nitrogens with one attached hydrogen (secondary N) is 1. The number of benzene rings is 1. The first kappa shape index (κ1) is 23.0. The third-order valence-electron chi connectivity index (χ3n) is 4.92. The van der Waals surface area contributed by atoms with Gasteiger partial charge in [0.1, 0.15) is 5.82 Å². The number of esters is 1. The number of likely N-dealkylation sites (tertiary alicyclic amines) is 1. The molecule has 2 amide bonds. The van der Waals surface area contributed by atoms with E-state index in [2.05, 4.69) is 10.3 Å². The molecular formula is C21H20Cl2FN3O4. The summed E-state index contributed by atoms with van der Waals surface area (Å²) in [5, 5.41) is 2.98. The summed E-state index contributed by atoms with van der Waals surface area (Å²) < 4.78 is 18.3. The van der Waals surface area contributed by atoms with Gasteiger partial charge in [0, 0.05) is 24.8 Å². The van der Waals surface area contributed by atoms with Crippen molar-refractivity contribution < 1.29 is 23.5 Å². The molecule has 0 radical (unpaired) electrons. The summed E-state index contributed by atoms with van der Waals surface area (Å²) in [6.07, 6.45) is 1.09. The van der Waals surface area contributed by atoms with Crippen molar-refractivity contribution in [3.63, 3.8) is 0 Å². The van der Waals surface area contributed by atoms with Crippen LogP contribution >= 0.6 is 23.2 Å². The van der Waals surface area contributed by atoms with Crippen LogP contribution in [-0.4, -0.2) is 46.9 Å². The summed E-state index contributed by atoms with van der Waals surface area (Å²) in [5.74, 6) is -2.02. The van der Waals surface area contributed by atoms with Gasteiger partial charge < -0.3 is 15.0 Å². The van der Waals surface area contributed by atoms with E-state index in [1.165, 1.54) is 43.5 Å². The van der Waals surface area contributed by atoms with E-state index in [-0.39, 0.29) is 16.7 Å². The fourth-order valence-electron chi connectivity index (χ4n) is 3.14. The summed E-state index contributed by atoms with van der Waals surface area (Å²) in [4.78, 5) is 42.8. The number of carbonyl (C=O) groups is 3. The highest BCUT2D eigenvalue weighted by molar-refractivity contribution is 6.36.